The first-order valence-corrected chi connectivity index (χ1v) is 9.33. The van der Waals surface area contributed by atoms with E-state index < -0.39 is 11.9 Å². The summed E-state index contributed by atoms with van der Waals surface area (Å²) in [5, 5.41) is 34.5. The van der Waals surface area contributed by atoms with Crippen molar-refractivity contribution in [1.29, 1.82) is 0 Å². The maximum absolute atomic E-state index is 9.55. The highest BCUT2D eigenvalue weighted by molar-refractivity contribution is 5.89. The Hall–Kier alpha value is -3.58. The second kappa shape index (κ2) is 13.6. The van der Waals surface area contributed by atoms with Gasteiger partial charge in [0.1, 0.15) is 0 Å². The van der Waals surface area contributed by atoms with Crippen LogP contribution < -0.4 is 0 Å². The van der Waals surface area contributed by atoms with E-state index in [-0.39, 0.29) is 11.5 Å². The number of phenols is 2. The van der Waals surface area contributed by atoms with Crippen molar-refractivity contribution >= 4 is 11.9 Å². The number of carboxylic acid groups (broad SMARTS) is 2. The van der Waals surface area contributed by atoms with Crippen LogP contribution in [0.15, 0.2) is 73.3 Å². The maximum Gasteiger partial charge on any atom is 0.328 e. The first kappa shape index (κ1) is 24.5. The molecule has 0 radical (unpaired) electrons. The van der Waals surface area contributed by atoms with Crippen molar-refractivity contribution < 1.29 is 30.0 Å². The van der Waals surface area contributed by atoms with Crippen molar-refractivity contribution in [2.24, 2.45) is 0 Å². The van der Waals surface area contributed by atoms with Crippen molar-refractivity contribution in [1.82, 2.24) is 4.90 Å². The third kappa shape index (κ3) is 10.7. The van der Waals surface area contributed by atoms with Crippen LogP contribution in [0.2, 0.25) is 0 Å². The molecule has 7 nitrogen and oxygen atoms in total. The Morgan fingerprint density at radius 1 is 0.833 bits per heavy atom. The molecule has 2 aromatic rings. The van der Waals surface area contributed by atoms with Crippen molar-refractivity contribution in [2.45, 2.75) is 12.8 Å². The standard InChI is InChI=1S/C19H23NO2.C4H4O4/c1-2-12-20(13-10-16-6-4-3-5-7-16)14-11-17-8-9-18(21)19(22)15-17;5-3(6)1-2-4(7)8/h2-9,15,21-22H,1,10-14H2;1-2H,(H,5,6)(H,7,8)/b;2-1+. The summed E-state index contributed by atoms with van der Waals surface area (Å²) in [5.74, 6) is -2.65. The van der Waals surface area contributed by atoms with Crippen molar-refractivity contribution in [3.63, 3.8) is 0 Å². The van der Waals surface area contributed by atoms with E-state index in [2.05, 4.69) is 35.7 Å². The zero-order chi connectivity index (χ0) is 22.4. The number of carboxylic acids is 2. The van der Waals surface area contributed by atoms with Crippen LogP contribution in [0.5, 0.6) is 11.5 Å². The third-order valence-corrected chi connectivity index (χ3v) is 4.07. The molecule has 30 heavy (non-hydrogen) atoms. The average molecular weight is 413 g/mol. The molecule has 0 atom stereocenters. The van der Waals surface area contributed by atoms with Gasteiger partial charge >= 0.3 is 11.9 Å². The molecule has 0 unspecified atom stereocenters. The van der Waals surface area contributed by atoms with E-state index >= 15 is 0 Å². The molecule has 0 aromatic heterocycles. The van der Waals surface area contributed by atoms with Gasteiger partial charge in [0.2, 0.25) is 0 Å². The summed E-state index contributed by atoms with van der Waals surface area (Å²) in [5.41, 5.74) is 2.35. The molecule has 2 aromatic carbocycles. The Kier molecular flexibility index (Phi) is 11.1. The lowest BCUT2D eigenvalue weighted by molar-refractivity contribution is -0.134. The van der Waals surface area contributed by atoms with Crippen molar-refractivity contribution in [3.05, 3.63) is 84.5 Å². The van der Waals surface area contributed by atoms with Crippen LogP contribution in [0, 0.1) is 0 Å². The molecule has 0 spiro atoms. The van der Waals surface area contributed by atoms with Gasteiger partial charge in [-0.15, -0.1) is 6.58 Å². The Morgan fingerprint density at radius 2 is 1.40 bits per heavy atom. The van der Waals surface area contributed by atoms with Gasteiger partial charge in [0.15, 0.2) is 11.5 Å². The van der Waals surface area contributed by atoms with Crippen LogP contribution in [0.25, 0.3) is 0 Å². The summed E-state index contributed by atoms with van der Waals surface area (Å²) < 4.78 is 0. The number of aliphatic carboxylic acids is 2. The van der Waals surface area contributed by atoms with Crippen LogP contribution in [-0.2, 0) is 22.4 Å². The summed E-state index contributed by atoms with van der Waals surface area (Å²) in [6.45, 7) is 6.53. The van der Waals surface area contributed by atoms with E-state index in [9.17, 15) is 19.8 Å². The fourth-order valence-corrected chi connectivity index (χ4v) is 2.56. The molecule has 0 amide bonds. The predicted octanol–water partition coefficient (Wildman–Crippen LogP) is 3.08. The molecule has 0 saturated carbocycles. The lowest BCUT2D eigenvalue weighted by Crippen LogP contribution is -2.28. The number of phenolic OH excluding ortho intramolecular Hbond substituents is 2. The minimum absolute atomic E-state index is 0.0583. The zero-order valence-corrected chi connectivity index (χ0v) is 16.6. The largest absolute Gasteiger partial charge is 0.504 e. The van der Waals surface area contributed by atoms with Gasteiger partial charge in [-0.1, -0.05) is 42.5 Å². The SMILES string of the molecule is C=CCN(CCc1ccccc1)CCc1ccc(O)c(O)c1.O=C(O)/C=C/C(=O)O. The van der Waals surface area contributed by atoms with E-state index in [1.165, 1.54) is 11.6 Å². The monoisotopic (exact) mass is 413 g/mol. The summed E-state index contributed by atoms with van der Waals surface area (Å²) >= 11 is 0. The molecular weight excluding hydrogens is 386 g/mol. The normalized spacial score (nSPS) is 10.4. The van der Waals surface area contributed by atoms with E-state index in [0.29, 0.717) is 12.2 Å². The highest BCUT2D eigenvalue weighted by Gasteiger charge is 2.06. The average Bonchev–Trinajstić information content (AvgIpc) is 2.72. The molecule has 0 aliphatic rings. The number of carbonyl (C=O) groups is 2. The van der Waals surface area contributed by atoms with Crippen molar-refractivity contribution in [2.75, 3.05) is 19.6 Å². The number of nitrogens with zero attached hydrogens (tertiary/aromatic N) is 1. The number of hydrogen-bond acceptors (Lipinski definition) is 5. The Morgan fingerprint density at radius 3 is 1.90 bits per heavy atom. The highest BCUT2D eigenvalue weighted by atomic mass is 16.4. The molecule has 4 N–H and O–H groups in total. The molecule has 0 aliphatic heterocycles. The number of benzene rings is 2. The van der Waals surface area contributed by atoms with Gasteiger partial charge in [0.25, 0.3) is 0 Å². The summed E-state index contributed by atoms with van der Waals surface area (Å²) in [6, 6.07) is 15.4. The van der Waals surface area contributed by atoms with E-state index in [4.69, 9.17) is 10.2 Å². The molecule has 0 fully saturated rings. The molecule has 7 heteroatoms. The maximum atomic E-state index is 9.55. The van der Waals surface area contributed by atoms with Crippen LogP contribution in [-0.4, -0.2) is 56.9 Å². The molecule has 0 saturated heterocycles. The smallest absolute Gasteiger partial charge is 0.328 e. The summed E-state index contributed by atoms with van der Waals surface area (Å²) in [6.07, 6.45) is 4.87. The first-order valence-electron chi connectivity index (χ1n) is 9.33. The molecule has 0 heterocycles. The lowest BCUT2D eigenvalue weighted by Gasteiger charge is -2.20. The zero-order valence-electron chi connectivity index (χ0n) is 16.6. The first-order chi connectivity index (χ1) is 14.3. The lowest BCUT2D eigenvalue weighted by atomic mass is 10.1. The fourth-order valence-electron chi connectivity index (χ4n) is 2.56. The van der Waals surface area contributed by atoms with Crippen molar-refractivity contribution in [3.8, 4) is 11.5 Å². The summed E-state index contributed by atoms with van der Waals surface area (Å²) in [7, 11) is 0. The Labute approximate surface area is 175 Å². The van der Waals surface area contributed by atoms with E-state index in [1.54, 1.807) is 6.07 Å². The molecule has 0 bridgehead atoms. The van der Waals surface area contributed by atoms with Gasteiger partial charge in [-0.2, -0.15) is 0 Å². The summed E-state index contributed by atoms with van der Waals surface area (Å²) in [4.78, 5) is 21.4. The minimum Gasteiger partial charge on any atom is -0.504 e. The predicted molar refractivity (Wildman–Crippen MR) is 115 cm³/mol. The Bertz CT molecular complexity index is 832. The van der Waals surface area contributed by atoms with Crippen LogP contribution >= 0.6 is 0 Å². The van der Waals surface area contributed by atoms with Gasteiger partial charge in [0.05, 0.1) is 0 Å². The number of hydrogen-bond donors (Lipinski definition) is 4. The van der Waals surface area contributed by atoms with Crippen LogP contribution in [0.1, 0.15) is 11.1 Å². The fraction of sp³-hybridized carbons (Fsp3) is 0.217. The molecular formula is C23H27NO6. The van der Waals surface area contributed by atoms with Gasteiger partial charge in [-0.05, 0) is 36.1 Å². The quantitative estimate of drug-likeness (QED) is 0.268. The van der Waals surface area contributed by atoms with Crippen LogP contribution in [0.3, 0.4) is 0 Å². The molecule has 0 aliphatic carbocycles. The minimum atomic E-state index is -1.26. The van der Waals surface area contributed by atoms with Gasteiger partial charge in [-0.25, -0.2) is 9.59 Å². The topological polar surface area (TPSA) is 118 Å². The second-order valence-electron chi connectivity index (χ2n) is 6.41. The van der Waals surface area contributed by atoms with Gasteiger partial charge in [-0.3, -0.25) is 4.90 Å². The van der Waals surface area contributed by atoms with Gasteiger partial charge < -0.3 is 20.4 Å². The third-order valence-electron chi connectivity index (χ3n) is 4.07. The molecule has 2 rings (SSSR count). The van der Waals surface area contributed by atoms with Gasteiger partial charge in [0, 0.05) is 31.8 Å². The van der Waals surface area contributed by atoms with E-state index in [0.717, 1.165) is 38.0 Å². The van der Waals surface area contributed by atoms with E-state index in [1.807, 2.05) is 18.2 Å². The second-order valence-corrected chi connectivity index (χ2v) is 6.41. The Balaban J connectivity index is 0.000000479. The molecule has 160 valence electrons. The van der Waals surface area contributed by atoms with Crippen LogP contribution in [0.4, 0.5) is 0 Å². The highest BCUT2D eigenvalue weighted by Crippen LogP contribution is 2.25. The number of aromatic hydroxyl groups is 2. The number of rotatable bonds is 10.